The maximum atomic E-state index is 8.94. The van der Waals surface area contributed by atoms with E-state index in [1.807, 2.05) is 0 Å². The Morgan fingerprint density at radius 3 is 1.83 bits per heavy atom. The molecule has 34 valence electrons. The second-order valence-electron chi connectivity index (χ2n) is 0.352. The van der Waals surface area contributed by atoms with Crippen LogP contribution in [0, 0.1) is 38.5 Å². The smallest absolute Gasteiger partial charge is 0.532 e. The zero-order valence-corrected chi connectivity index (χ0v) is 8.07. The van der Waals surface area contributed by atoms with Crippen molar-refractivity contribution in [3.8, 4) is 0 Å². The van der Waals surface area contributed by atoms with Gasteiger partial charge in [-0.2, -0.15) is 6.41 Å². The molecule has 0 aromatic carbocycles. The molecule has 0 unspecified atom stereocenters. The van der Waals surface area contributed by atoms with E-state index in [0.717, 1.165) is 0 Å². The van der Waals surface area contributed by atoms with Crippen molar-refractivity contribution in [1.82, 2.24) is 5.32 Å². The van der Waals surface area contributed by atoms with Crippen LogP contribution < -0.4 is 5.32 Å². The molecule has 3 heteroatoms. The van der Waals surface area contributed by atoms with Crippen LogP contribution in [0.25, 0.3) is 0 Å². The predicted octanol–water partition coefficient (Wildman–Crippen LogP) is -0.277. The van der Waals surface area contributed by atoms with E-state index in [-0.39, 0.29) is 38.5 Å². The summed E-state index contributed by atoms with van der Waals surface area (Å²) in [7, 11) is 1.51. The Morgan fingerprint density at radius 1 is 1.67 bits per heavy atom. The van der Waals surface area contributed by atoms with Crippen LogP contribution in [0.4, 0.5) is 0 Å². The maximum Gasteiger partial charge on any atom is 2.00 e. The van der Waals surface area contributed by atoms with Crippen LogP contribution in [0.5, 0.6) is 0 Å². The average Bonchev–Trinajstić information content (AvgIpc) is 1.37. The van der Waals surface area contributed by atoms with Crippen molar-refractivity contribution in [3.63, 3.8) is 0 Å². The Bertz CT molecular complexity index is 24.8. The molecule has 0 rings (SSSR count). The van der Waals surface area contributed by atoms with Gasteiger partial charge in [-0.3, -0.25) is 0 Å². The first-order valence-corrected chi connectivity index (χ1v) is 0.954. The number of carbonyl (C=O) groups excluding carboxylic acids is 1. The van der Waals surface area contributed by atoms with E-state index in [9.17, 15) is 0 Å². The topological polar surface area (TPSA) is 29.1 Å². The maximum absolute atomic E-state index is 8.94. The molecule has 0 spiro atoms. The van der Waals surface area contributed by atoms with Gasteiger partial charge < -0.3 is 17.5 Å². The minimum Gasteiger partial charge on any atom is -0.532 e. The van der Waals surface area contributed by atoms with Crippen molar-refractivity contribution < 1.29 is 35.9 Å². The molecule has 0 atom stereocenters. The predicted molar refractivity (Wildman–Crippen MR) is 21.2 cm³/mol. The molecule has 0 saturated carbocycles. The average molecular weight is 311 g/mol. The van der Waals surface area contributed by atoms with Crippen LogP contribution in [0.3, 0.4) is 0 Å². The van der Waals surface area contributed by atoms with E-state index in [4.69, 9.17) is 4.79 Å². The van der Waals surface area contributed by atoms with Crippen LogP contribution in [0.1, 0.15) is 0 Å². The standard InChI is InChI=1S/C2H4NO.CH3.U/c1-3-2-4;;/h1H3,(H,3,4);1H3;/q2*-1;+2. The first-order valence-electron chi connectivity index (χ1n) is 0.954. The third-order valence-corrected chi connectivity index (χ3v) is 0.102. The molecule has 0 saturated heterocycles. The first-order chi connectivity index (χ1) is 1.91. The third-order valence-electron chi connectivity index (χ3n) is 0.102. The van der Waals surface area contributed by atoms with Gasteiger partial charge in [0.1, 0.15) is 0 Å². The number of rotatable bonds is 1. The van der Waals surface area contributed by atoms with Crippen LogP contribution in [-0.4, -0.2) is 13.5 Å². The summed E-state index contributed by atoms with van der Waals surface area (Å²) in [4.78, 5) is 8.94. The van der Waals surface area contributed by atoms with Gasteiger partial charge in [-0.1, -0.05) is 0 Å². The van der Waals surface area contributed by atoms with Crippen molar-refractivity contribution in [2.75, 3.05) is 7.05 Å². The normalized spacial score (nSPS) is 3.50. The number of nitrogens with one attached hydrogen (secondary N) is 1. The van der Waals surface area contributed by atoms with Gasteiger partial charge in [0.2, 0.25) is 0 Å². The second-order valence-corrected chi connectivity index (χ2v) is 0.352. The molecule has 0 bridgehead atoms. The van der Waals surface area contributed by atoms with Crippen molar-refractivity contribution in [2.45, 2.75) is 0 Å². The summed E-state index contributed by atoms with van der Waals surface area (Å²) < 4.78 is 0. The molecule has 0 aromatic heterocycles. The monoisotopic (exact) mass is 311 g/mol. The zero-order chi connectivity index (χ0) is 3.41. The zero-order valence-electron chi connectivity index (χ0n) is 3.91. The van der Waals surface area contributed by atoms with Crippen LogP contribution in [0.2, 0.25) is 0 Å². The fraction of sp³-hybridized carbons (Fsp3) is 0.333. The second kappa shape index (κ2) is 17.8. The summed E-state index contributed by atoms with van der Waals surface area (Å²) in [5, 5.41) is 2.12. The van der Waals surface area contributed by atoms with E-state index >= 15 is 0 Å². The summed E-state index contributed by atoms with van der Waals surface area (Å²) in [6.07, 6.45) is 1.43. The van der Waals surface area contributed by atoms with Crippen LogP contribution in [0.15, 0.2) is 0 Å². The summed E-state index contributed by atoms with van der Waals surface area (Å²) in [6, 6.07) is 0. The molecule has 1 N–H and O–H groups in total. The fourth-order valence-electron chi connectivity index (χ4n) is 0. The SMILES string of the molecule is CN[C-]=O.[CH3-].[U+2]. The Morgan fingerprint density at radius 2 is 1.83 bits per heavy atom. The molecule has 0 fully saturated rings. The fourth-order valence-corrected chi connectivity index (χ4v) is 0. The Balaban J connectivity index is -0.0000000450. The van der Waals surface area contributed by atoms with Crippen molar-refractivity contribution in [1.29, 1.82) is 0 Å². The first kappa shape index (κ1) is 16.0. The largest absolute Gasteiger partial charge is 2.00 e. The van der Waals surface area contributed by atoms with Crippen LogP contribution in [-0.2, 0) is 4.79 Å². The van der Waals surface area contributed by atoms with E-state index in [0.29, 0.717) is 0 Å². The van der Waals surface area contributed by atoms with Crippen molar-refractivity contribution in [3.05, 3.63) is 7.43 Å². The number of amides is 1. The van der Waals surface area contributed by atoms with E-state index < -0.39 is 0 Å². The molecule has 0 aliphatic rings. The minimum atomic E-state index is 0. The van der Waals surface area contributed by atoms with Gasteiger partial charge in [-0.15, -0.1) is 0 Å². The van der Waals surface area contributed by atoms with Gasteiger partial charge in [-0.05, 0) is 7.05 Å². The molecular formula is C3H7NOU. The summed E-state index contributed by atoms with van der Waals surface area (Å²) in [5.41, 5.74) is 0. The Labute approximate surface area is 62.1 Å². The van der Waals surface area contributed by atoms with Gasteiger partial charge in [0.15, 0.2) is 0 Å². The molecule has 2 nitrogen and oxygen atoms in total. The van der Waals surface area contributed by atoms with E-state index in [1.54, 1.807) is 0 Å². The van der Waals surface area contributed by atoms with Gasteiger partial charge in [0.25, 0.3) is 0 Å². The van der Waals surface area contributed by atoms with Gasteiger partial charge in [0.05, 0.1) is 0 Å². The number of hydrogen-bond donors (Lipinski definition) is 1. The molecule has 0 heterocycles. The minimum absolute atomic E-state index is 0. The van der Waals surface area contributed by atoms with E-state index in [2.05, 4.69) is 5.32 Å². The van der Waals surface area contributed by atoms with Crippen molar-refractivity contribution >= 4 is 6.41 Å². The Hall–Kier alpha value is 0.522. The molecule has 1 amide bonds. The van der Waals surface area contributed by atoms with E-state index in [1.165, 1.54) is 13.5 Å². The molecular weight excluding hydrogens is 304 g/mol. The molecule has 6 heavy (non-hydrogen) atoms. The molecule has 0 aromatic rings. The summed E-state index contributed by atoms with van der Waals surface area (Å²) in [6.45, 7) is 0. The van der Waals surface area contributed by atoms with Crippen molar-refractivity contribution in [2.24, 2.45) is 0 Å². The molecule has 0 aliphatic carbocycles. The summed E-state index contributed by atoms with van der Waals surface area (Å²) in [5.74, 6) is 0. The molecule has 0 radical (unpaired) electrons. The number of hydrogen-bond acceptors (Lipinski definition) is 1. The van der Waals surface area contributed by atoms with Gasteiger partial charge in [-0.25, -0.2) is 0 Å². The third kappa shape index (κ3) is 24.2. The van der Waals surface area contributed by atoms with Gasteiger partial charge in [0, 0.05) is 0 Å². The molecule has 0 aliphatic heterocycles. The quantitative estimate of drug-likeness (QED) is 0.524. The van der Waals surface area contributed by atoms with Gasteiger partial charge >= 0.3 is 31.1 Å². The van der Waals surface area contributed by atoms with Crippen LogP contribution >= 0.6 is 0 Å². The Kier molecular flexibility index (Phi) is 47.4. The summed E-state index contributed by atoms with van der Waals surface area (Å²) >= 11 is 0.